The number of hydrogen-bond acceptors (Lipinski definition) is 6. The van der Waals surface area contributed by atoms with E-state index in [1.807, 2.05) is 29.7 Å². The first-order valence-electron chi connectivity index (χ1n) is 7.64. The lowest BCUT2D eigenvalue weighted by atomic mass is 10.1. The summed E-state index contributed by atoms with van der Waals surface area (Å²) in [4.78, 5) is 23.1. The number of carbonyl (C=O) groups excluding carboxylic acids is 1. The van der Waals surface area contributed by atoms with E-state index < -0.39 is 0 Å². The minimum atomic E-state index is -0.179. The molecule has 3 rings (SSSR count). The van der Waals surface area contributed by atoms with Gasteiger partial charge in [0.1, 0.15) is 12.2 Å². The normalized spacial score (nSPS) is 17.6. The van der Waals surface area contributed by atoms with Crippen LogP contribution in [0.3, 0.4) is 0 Å². The van der Waals surface area contributed by atoms with Crippen LogP contribution in [0, 0.1) is 11.3 Å². The largest absolute Gasteiger partial charge is 0.470 e. The molecule has 2 aromatic rings. The molecule has 1 amide bonds. The molecule has 0 saturated carbocycles. The summed E-state index contributed by atoms with van der Waals surface area (Å²) in [5.74, 6) is 0.199. The molecule has 0 aromatic carbocycles. The van der Waals surface area contributed by atoms with Gasteiger partial charge in [-0.3, -0.25) is 4.79 Å². The summed E-state index contributed by atoms with van der Waals surface area (Å²) in [6, 6.07) is 5.88. The lowest BCUT2D eigenvalue weighted by Crippen LogP contribution is -2.43. The van der Waals surface area contributed by atoms with E-state index in [1.54, 1.807) is 22.3 Å². The van der Waals surface area contributed by atoms with Gasteiger partial charge in [-0.25, -0.2) is 9.97 Å². The van der Waals surface area contributed by atoms with Crippen molar-refractivity contribution in [2.75, 3.05) is 13.1 Å². The summed E-state index contributed by atoms with van der Waals surface area (Å²) in [5, 5.41) is 11.0. The van der Waals surface area contributed by atoms with Crippen molar-refractivity contribution in [3.05, 3.63) is 46.6 Å². The molecule has 7 heteroatoms. The lowest BCUT2D eigenvalue weighted by molar-refractivity contribution is -0.128. The topological polar surface area (TPSA) is 79.1 Å². The highest BCUT2D eigenvalue weighted by atomic mass is 32.1. The van der Waals surface area contributed by atoms with Crippen LogP contribution < -0.4 is 4.74 Å². The number of amides is 1. The molecule has 1 atom stereocenters. The molecule has 24 heavy (non-hydrogen) atoms. The molecule has 1 aliphatic rings. The Bertz CT molecular complexity index is 767. The van der Waals surface area contributed by atoms with Crippen LogP contribution in [0.1, 0.15) is 23.4 Å². The van der Waals surface area contributed by atoms with E-state index in [1.165, 1.54) is 12.4 Å². The van der Waals surface area contributed by atoms with Gasteiger partial charge in [-0.1, -0.05) is 6.07 Å². The minimum Gasteiger partial charge on any atom is -0.470 e. The number of ether oxygens (including phenoxy) is 1. The van der Waals surface area contributed by atoms with Gasteiger partial charge in [-0.05, 0) is 30.4 Å². The highest BCUT2D eigenvalue weighted by Gasteiger charge is 2.25. The maximum atomic E-state index is 12.3. The monoisotopic (exact) mass is 340 g/mol. The van der Waals surface area contributed by atoms with E-state index >= 15 is 0 Å². The second-order valence-corrected chi connectivity index (χ2v) is 6.32. The van der Waals surface area contributed by atoms with Crippen LogP contribution in [0.5, 0.6) is 5.88 Å². The molecule has 122 valence electrons. The molecule has 2 aromatic heterocycles. The number of aromatic nitrogens is 2. The summed E-state index contributed by atoms with van der Waals surface area (Å²) in [5.41, 5.74) is 0.165. The second-order valence-electron chi connectivity index (χ2n) is 5.34. The van der Waals surface area contributed by atoms with E-state index in [0.717, 1.165) is 17.7 Å². The molecule has 3 heterocycles. The third-order valence-electron chi connectivity index (χ3n) is 3.67. The van der Waals surface area contributed by atoms with E-state index in [-0.39, 0.29) is 23.6 Å². The van der Waals surface area contributed by atoms with E-state index in [4.69, 9.17) is 10.00 Å². The fourth-order valence-corrected chi connectivity index (χ4v) is 3.14. The van der Waals surface area contributed by atoms with Crippen molar-refractivity contribution in [2.24, 2.45) is 0 Å². The van der Waals surface area contributed by atoms with Crippen LogP contribution in [0.25, 0.3) is 6.08 Å². The van der Waals surface area contributed by atoms with Crippen LogP contribution >= 0.6 is 11.3 Å². The third kappa shape index (κ3) is 3.97. The summed E-state index contributed by atoms with van der Waals surface area (Å²) in [6.07, 6.45) is 7.86. The van der Waals surface area contributed by atoms with Gasteiger partial charge in [-0.15, -0.1) is 11.3 Å². The van der Waals surface area contributed by atoms with Gasteiger partial charge in [0.25, 0.3) is 5.88 Å². The number of nitriles is 1. The van der Waals surface area contributed by atoms with Crippen molar-refractivity contribution in [3.8, 4) is 11.9 Å². The molecule has 1 aliphatic heterocycles. The van der Waals surface area contributed by atoms with E-state index in [9.17, 15) is 4.79 Å². The Labute approximate surface area is 144 Å². The Morgan fingerprint density at radius 3 is 3.12 bits per heavy atom. The maximum absolute atomic E-state index is 12.3. The van der Waals surface area contributed by atoms with Crippen molar-refractivity contribution in [1.82, 2.24) is 14.9 Å². The summed E-state index contributed by atoms with van der Waals surface area (Å²) in [7, 11) is 0. The van der Waals surface area contributed by atoms with Gasteiger partial charge in [0.15, 0.2) is 0 Å². The standard InChI is InChI=1S/C17H16N4O2S/c18-11-15-17(20-8-7-19-15)23-13-3-1-9-21(12-13)16(22)6-5-14-4-2-10-24-14/h2,4-8,10,13H,1,3,9,12H2/b6-5+. The first kappa shape index (κ1) is 16.1. The second kappa shape index (κ2) is 7.70. The predicted octanol–water partition coefficient (Wildman–Crippen LogP) is 2.49. The van der Waals surface area contributed by atoms with Crippen molar-refractivity contribution in [3.63, 3.8) is 0 Å². The van der Waals surface area contributed by atoms with Gasteiger partial charge < -0.3 is 9.64 Å². The molecule has 0 aliphatic carbocycles. The Balaban J connectivity index is 1.62. The molecule has 0 radical (unpaired) electrons. The average molecular weight is 340 g/mol. The Kier molecular flexibility index (Phi) is 5.18. The molecule has 0 spiro atoms. The van der Waals surface area contributed by atoms with Crippen molar-refractivity contribution >= 4 is 23.3 Å². The highest BCUT2D eigenvalue weighted by molar-refractivity contribution is 7.10. The summed E-state index contributed by atoms with van der Waals surface area (Å²) >= 11 is 1.59. The van der Waals surface area contributed by atoms with Gasteiger partial charge >= 0.3 is 0 Å². The summed E-state index contributed by atoms with van der Waals surface area (Å²) < 4.78 is 5.80. The number of piperidine rings is 1. The fraction of sp³-hybridized carbons (Fsp3) is 0.294. The molecule has 6 nitrogen and oxygen atoms in total. The molecule has 0 N–H and O–H groups in total. The molecule has 1 unspecified atom stereocenters. The van der Waals surface area contributed by atoms with Gasteiger partial charge in [0, 0.05) is 29.9 Å². The average Bonchev–Trinajstić information content (AvgIpc) is 3.14. The van der Waals surface area contributed by atoms with Crippen molar-refractivity contribution in [2.45, 2.75) is 18.9 Å². The minimum absolute atomic E-state index is 0.0312. The molecule has 1 saturated heterocycles. The van der Waals surface area contributed by atoms with Gasteiger partial charge in [0.2, 0.25) is 11.6 Å². The SMILES string of the molecule is N#Cc1nccnc1OC1CCCN(C(=O)/C=C/c2cccs2)C1. The predicted molar refractivity (Wildman–Crippen MR) is 90.3 cm³/mol. The van der Waals surface area contributed by atoms with Crippen molar-refractivity contribution in [1.29, 1.82) is 5.26 Å². The maximum Gasteiger partial charge on any atom is 0.251 e. The van der Waals surface area contributed by atoms with Gasteiger partial charge in [0.05, 0.1) is 6.54 Å². The van der Waals surface area contributed by atoms with E-state index in [0.29, 0.717) is 13.1 Å². The Morgan fingerprint density at radius 2 is 2.33 bits per heavy atom. The smallest absolute Gasteiger partial charge is 0.251 e. The summed E-state index contributed by atoms with van der Waals surface area (Å²) in [6.45, 7) is 1.19. The number of carbonyl (C=O) groups is 1. The van der Waals surface area contributed by atoms with E-state index in [2.05, 4.69) is 9.97 Å². The molecule has 1 fully saturated rings. The number of hydrogen-bond donors (Lipinski definition) is 0. The van der Waals surface area contributed by atoms with Crippen LogP contribution in [-0.2, 0) is 4.79 Å². The molecular formula is C17H16N4O2S. The quantitative estimate of drug-likeness (QED) is 0.799. The first-order chi connectivity index (χ1) is 11.8. The van der Waals surface area contributed by atoms with Crippen LogP contribution in [0.2, 0.25) is 0 Å². The number of likely N-dealkylation sites (tertiary alicyclic amines) is 1. The Hall–Kier alpha value is -2.72. The zero-order valence-corrected chi connectivity index (χ0v) is 13.8. The zero-order chi connectivity index (χ0) is 16.8. The molecular weight excluding hydrogens is 324 g/mol. The fourth-order valence-electron chi connectivity index (χ4n) is 2.53. The Morgan fingerprint density at radius 1 is 1.46 bits per heavy atom. The number of nitrogens with zero attached hydrogens (tertiary/aromatic N) is 4. The van der Waals surface area contributed by atoms with Crippen LogP contribution in [0.4, 0.5) is 0 Å². The first-order valence-corrected chi connectivity index (χ1v) is 8.52. The highest BCUT2D eigenvalue weighted by Crippen LogP contribution is 2.19. The zero-order valence-electron chi connectivity index (χ0n) is 13.0. The van der Waals surface area contributed by atoms with Crippen LogP contribution in [0.15, 0.2) is 36.0 Å². The van der Waals surface area contributed by atoms with Crippen molar-refractivity contribution < 1.29 is 9.53 Å². The lowest BCUT2D eigenvalue weighted by Gasteiger charge is -2.32. The number of rotatable bonds is 4. The molecule has 0 bridgehead atoms. The van der Waals surface area contributed by atoms with Gasteiger partial charge in [-0.2, -0.15) is 5.26 Å². The van der Waals surface area contributed by atoms with Crippen LogP contribution in [-0.4, -0.2) is 40.0 Å². The third-order valence-corrected chi connectivity index (χ3v) is 4.51. The number of thiophene rings is 1.